The molecule has 1 saturated carbocycles. The molecule has 1 aliphatic rings. The summed E-state index contributed by atoms with van der Waals surface area (Å²) in [5.41, 5.74) is -1.49. The van der Waals surface area contributed by atoms with Crippen molar-refractivity contribution in [3.63, 3.8) is 0 Å². The van der Waals surface area contributed by atoms with Crippen LogP contribution in [0.1, 0.15) is 65.7 Å². The van der Waals surface area contributed by atoms with E-state index in [-0.39, 0.29) is 11.3 Å². The highest BCUT2D eigenvalue weighted by Crippen LogP contribution is 2.36. The lowest BCUT2D eigenvalue weighted by atomic mass is 9.74. The van der Waals surface area contributed by atoms with Gasteiger partial charge in [0.25, 0.3) is 0 Å². The highest BCUT2D eigenvalue weighted by atomic mass is 16.4. The summed E-state index contributed by atoms with van der Waals surface area (Å²) in [5, 5.41) is 12.1. The Hall–Kier alpha value is -1.06. The van der Waals surface area contributed by atoms with Crippen molar-refractivity contribution in [2.75, 3.05) is 0 Å². The first-order valence-corrected chi connectivity index (χ1v) is 6.96. The summed E-state index contributed by atoms with van der Waals surface area (Å²) < 4.78 is 0. The maximum Gasteiger partial charge on any atom is 0.329 e. The summed E-state index contributed by atoms with van der Waals surface area (Å²) in [6.45, 7) is 5.57. The van der Waals surface area contributed by atoms with Gasteiger partial charge in [-0.2, -0.15) is 0 Å². The second-order valence-corrected chi connectivity index (χ2v) is 5.67. The molecule has 0 aromatic heterocycles. The number of amides is 1. The Balaban J connectivity index is 2.81. The molecule has 2 N–H and O–H groups in total. The van der Waals surface area contributed by atoms with Crippen molar-refractivity contribution in [2.24, 2.45) is 5.41 Å². The highest BCUT2D eigenvalue weighted by Gasteiger charge is 2.42. The van der Waals surface area contributed by atoms with Crippen LogP contribution in [0.15, 0.2) is 0 Å². The normalized spacial score (nSPS) is 19.3. The highest BCUT2D eigenvalue weighted by molar-refractivity contribution is 5.89. The minimum Gasteiger partial charge on any atom is -0.480 e. The van der Waals surface area contributed by atoms with E-state index in [0.717, 1.165) is 25.7 Å². The minimum absolute atomic E-state index is 0.0895. The predicted molar refractivity (Wildman–Crippen MR) is 70.3 cm³/mol. The Morgan fingerprint density at radius 2 is 1.67 bits per heavy atom. The van der Waals surface area contributed by atoms with Gasteiger partial charge in [-0.1, -0.05) is 40.0 Å². The Labute approximate surface area is 109 Å². The van der Waals surface area contributed by atoms with Crippen LogP contribution in [-0.2, 0) is 9.59 Å². The van der Waals surface area contributed by atoms with E-state index in [9.17, 15) is 14.7 Å². The molecule has 4 heteroatoms. The first-order valence-electron chi connectivity index (χ1n) is 6.96. The Bertz CT molecular complexity index is 315. The molecule has 0 bridgehead atoms. The standard InChI is InChI=1S/C14H25NO3/c1-4-14(5-2,12(17)18)15-11(16)13(3)9-7-6-8-10-13/h4-10H2,1-3H3,(H,15,16)(H,17,18). The molecule has 0 atom stereocenters. The fourth-order valence-electron chi connectivity index (χ4n) is 2.71. The van der Waals surface area contributed by atoms with Gasteiger partial charge in [0.05, 0.1) is 0 Å². The monoisotopic (exact) mass is 255 g/mol. The molecule has 0 unspecified atom stereocenters. The van der Waals surface area contributed by atoms with Gasteiger partial charge in [-0.05, 0) is 25.7 Å². The predicted octanol–water partition coefficient (Wildman–Crippen LogP) is 2.72. The molecule has 18 heavy (non-hydrogen) atoms. The van der Waals surface area contributed by atoms with Gasteiger partial charge in [-0.15, -0.1) is 0 Å². The molecule has 0 aliphatic heterocycles. The lowest BCUT2D eigenvalue weighted by molar-refractivity contribution is -0.150. The summed E-state index contributed by atoms with van der Waals surface area (Å²) in [6.07, 6.45) is 5.85. The number of carboxylic acid groups (broad SMARTS) is 1. The SMILES string of the molecule is CCC(CC)(NC(=O)C1(C)CCCCC1)C(=O)O. The van der Waals surface area contributed by atoms with Crippen LogP contribution in [0.2, 0.25) is 0 Å². The summed E-state index contributed by atoms with van der Waals surface area (Å²) in [6, 6.07) is 0. The number of carbonyl (C=O) groups is 2. The largest absolute Gasteiger partial charge is 0.480 e. The quantitative estimate of drug-likeness (QED) is 0.793. The smallest absolute Gasteiger partial charge is 0.329 e. The van der Waals surface area contributed by atoms with Crippen molar-refractivity contribution < 1.29 is 14.7 Å². The van der Waals surface area contributed by atoms with E-state index in [1.165, 1.54) is 6.42 Å². The van der Waals surface area contributed by atoms with Crippen molar-refractivity contribution in [2.45, 2.75) is 71.3 Å². The lowest BCUT2D eigenvalue weighted by Crippen LogP contribution is -2.57. The molecule has 4 nitrogen and oxygen atoms in total. The van der Waals surface area contributed by atoms with Gasteiger partial charge in [-0.25, -0.2) is 4.79 Å². The molecule has 0 aromatic carbocycles. The molecule has 1 amide bonds. The number of nitrogens with one attached hydrogen (secondary N) is 1. The molecule has 0 radical (unpaired) electrons. The van der Waals surface area contributed by atoms with E-state index in [0.29, 0.717) is 12.8 Å². The molecular weight excluding hydrogens is 230 g/mol. The number of carbonyl (C=O) groups excluding carboxylic acids is 1. The first-order chi connectivity index (χ1) is 8.40. The zero-order valence-corrected chi connectivity index (χ0v) is 11.7. The summed E-state index contributed by atoms with van der Waals surface area (Å²) >= 11 is 0. The molecule has 1 aliphatic carbocycles. The maximum absolute atomic E-state index is 12.4. The zero-order valence-electron chi connectivity index (χ0n) is 11.7. The Morgan fingerprint density at radius 1 is 1.17 bits per heavy atom. The van der Waals surface area contributed by atoms with Gasteiger partial charge in [0.2, 0.25) is 5.91 Å². The third-order valence-corrected chi connectivity index (χ3v) is 4.47. The third-order valence-electron chi connectivity index (χ3n) is 4.47. The Morgan fingerprint density at radius 3 is 2.06 bits per heavy atom. The topological polar surface area (TPSA) is 66.4 Å². The number of hydrogen-bond acceptors (Lipinski definition) is 2. The van der Waals surface area contributed by atoms with Gasteiger partial charge in [0.1, 0.15) is 5.54 Å². The third kappa shape index (κ3) is 2.85. The summed E-state index contributed by atoms with van der Waals surface area (Å²) in [5.74, 6) is -1.02. The van der Waals surface area contributed by atoms with Crippen molar-refractivity contribution in [3.8, 4) is 0 Å². The van der Waals surface area contributed by atoms with E-state index in [1.807, 2.05) is 6.92 Å². The van der Waals surface area contributed by atoms with Crippen LogP contribution in [0.3, 0.4) is 0 Å². The van der Waals surface area contributed by atoms with E-state index < -0.39 is 11.5 Å². The Kier molecular flexibility index (Phi) is 4.77. The van der Waals surface area contributed by atoms with Crippen LogP contribution in [-0.4, -0.2) is 22.5 Å². The molecule has 1 fully saturated rings. The zero-order chi connectivity index (χ0) is 13.8. The van der Waals surface area contributed by atoms with Crippen molar-refractivity contribution in [1.29, 1.82) is 0 Å². The second-order valence-electron chi connectivity index (χ2n) is 5.67. The van der Waals surface area contributed by atoms with Crippen molar-refractivity contribution in [3.05, 3.63) is 0 Å². The second kappa shape index (κ2) is 5.72. The fourth-order valence-corrected chi connectivity index (χ4v) is 2.71. The van der Waals surface area contributed by atoms with Crippen LogP contribution in [0.5, 0.6) is 0 Å². The molecular formula is C14H25NO3. The van der Waals surface area contributed by atoms with Gasteiger partial charge >= 0.3 is 5.97 Å². The average Bonchev–Trinajstić information content (AvgIpc) is 2.36. The summed E-state index contributed by atoms with van der Waals surface area (Å²) in [4.78, 5) is 23.8. The van der Waals surface area contributed by atoms with Crippen LogP contribution in [0.4, 0.5) is 0 Å². The molecule has 0 spiro atoms. The van der Waals surface area contributed by atoms with Crippen LogP contribution < -0.4 is 5.32 Å². The van der Waals surface area contributed by atoms with E-state index in [1.54, 1.807) is 13.8 Å². The first kappa shape index (κ1) is 15.0. The van der Waals surface area contributed by atoms with Crippen molar-refractivity contribution in [1.82, 2.24) is 5.32 Å². The van der Waals surface area contributed by atoms with Crippen LogP contribution in [0.25, 0.3) is 0 Å². The van der Waals surface area contributed by atoms with Gasteiger partial charge in [0.15, 0.2) is 0 Å². The number of rotatable bonds is 5. The molecule has 104 valence electrons. The van der Waals surface area contributed by atoms with Gasteiger partial charge in [0, 0.05) is 5.41 Å². The van der Waals surface area contributed by atoms with E-state index in [2.05, 4.69) is 5.32 Å². The fraction of sp³-hybridized carbons (Fsp3) is 0.857. The van der Waals surface area contributed by atoms with E-state index >= 15 is 0 Å². The summed E-state index contributed by atoms with van der Waals surface area (Å²) in [7, 11) is 0. The minimum atomic E-state index is -1.10. The maximum atomic E-state index is 12.4. The van der Waals surface area contributed by atoms with Gasteiger partial charge < -0.3 is 10.4 Å². The number of hydrogen-bond donors (Lipinski definition) is 2. The van der Waals surface area contributed by atoms with Gasteiger partial charge in [-0.3, -0.25) is 4.79 Å². The van der Waals surface area contributed by atoms with Crippen LogP contribution >= 0.6 is 0 Å². The lowest BCUT2D eigenvalue weighted by Gasteiger charge is -2.37. The molecule has 0 aromatic rings. The number of carboxylic acids is 1. The molecule has 0 heterocycles. The van der Waals surface area contributed by atoms with Crippen molar-refractivity contribution >= 4 is 11.9 Å². The van der Waals surface area contributed by atoms with E-state index in [4.69, 9.17) is 0 Å². The molecule has 0 saturated heterocycles. The average molecular weight is 255 g/mol. The molecule has 1 rings (SSSR count). The number of aliphatic carboxylic acids is 1. The van der Waals surface area contributed by atoms with Crippen LogP contribution in [0, 0.1) is 5.41 Å².